The Labute approximate surface area is 106 Å². The van der Waals surface area contributed by atoms with Crippen LogP contribution in [0, 0.1) is 0 Å². The van der Waals surface area contributed by atoms with Gasteiger partial charge in [-0.05, 0) is 6.92 Å². The first-order valence-electron chi connectivity index (χ1n) is 5.98. The van der Waals surface area contributed by atoms with Gasteiger partial charge >= 0.3 is 6.09 Å². The van der Waals surface area contributed by atoms with Crippen LogP contribution in [0.3, 0.4) is 0 Å². The molecular formula is C11H19N3O4. The topological polar surface area (TPSA) is 79.0 Å². The van der Waals surface area contributed by atoms with Crippen molar-refractivity contribution in [3.63, 3.8) is 0 Å². The molecule has 1 aliphatic heterocycles. The Kier molecular flexibility index (Phi) is 5.41. The summed E-state index contributed by atoms with van der Waals surface area (Å²) in [4.78, 5) is 37.0. The van der Waals surface area contributed by atoms with E-state index in [0.717, 1.165) is 0 Å². The fraction of sp³-hybridized carbons (Fsp3) is 0.727. The van der Waals surface area contributed by atoms with E-state index in [1.165, 1.54) is 6.92 Å². The summed E-state index contributed by atoms with van der Waals surface area (Å²) in [5.41, 5.74) is 0. The molecule has 1 rings (SSSR count). The average molecular weight is 257 g/mol. The summed E-state index contributed by atoms with van der Waals surface area (Å²) in [5.74, 6) is -0.359. The van der Waals surface area contributed by atoms with Crippen molar-refractivity contribution in [2.24, 2.45) is 0 Å². The van der Waals surface area contributed by atoms with E-state index in [0.29, 0.717) is 32.8 Å². The highest BCUT2D eigenvalue weighted by atomic mass is 16.6. The normalized spacial score (nSPS) is 15.2. The van der Waals surface area contributed by atoms with Crippen LogP contribution < -0.4 is 5.32 Å². The number of nitrogens with one attached hydrogen (secondary N) is 1. The number of hydrogen-bond acceptors (Lipinski definition) is 4. The Hall–Kier alpha value is -1.79. The molecule has 1 aliphatic rings. The van der Waals surface area contributed by atoms with Crippen molar-refractivity contribution in [3.8, 4) is 0 Å². The van der Waals surface area contributed by atoms with Gasteiger partial charge in [-0.2, -0.15) is 0 Å². The van der Waals surface area contributed by atoms with Crippen LogP contribution in [0.4, 0.5) is 4.79 Å². The number of hydrogen-bond donors (Lipinski definition) is 1. The third-order valence-electron chi connectivity index (χ3n) is 2.65. The van der Waals surface area contributed by atoms with Gasteiger partial charge in [0.1, 0.15) is 0 Å². The summed E-state index contributed by atoms with van der Waals surface area (Å²) in [5, 5.41) is 2.46. The Balaban J connectivity index is 2.32. The molecule has 0 unspecified atom stereocenters. The maximum absolute atomic E-state index is 11.7. The van der Waals surface area contributed by atoms with Crippen molar-refractivity contribution in [2.75, 3.05) is 39.3 Å². The molecule has 0 bridgehead atoms. The first-order chi connectivity index (χ1) is 8.54. The molecule has 3 amide bonds. The molecule has 0 radical (unpaired) electrons. The molecule has 1 N–H and O–H groups in total. The zero-order valence-corrected chi connectivity index (χ0v) is 10.8. The average Bonchev–Trinajstić information content (AvgIpc) is 2.36. The van der Waals surface area contributed by atoms with Gasteiger partial charge in [-0.25, -0.2) is 4.79 Å². The van der Waals surface area contributed by atoms with Gasteiger partial charge < -0.3 is 19.9 Å². The maximum Gasteiger partial charge on any atom is 0.409 e. The molecule has 1 saturated heterocycles. The molecule has 18 heavy (non-hydrogen) atoms. The molecule has 0 saturated carbocycles. The van der Waals surface area contributed by atoms with Gasteiger partial charge in [0.2, 0.25) is 11.8 Å². The second-order valence-corrected chi connectivity index (χ2v) is 3.98. The second kappa shape index (κ2) is 6.83. The number of rotatable bonds is 3. The molecular weight excluding hydrogens is 238 g/mol. The van der Waals surface area contributed by atoms with E-state index in [1.807, 2.05) is 0 Å². The van der Waals surface area contributed by atoms with Crippen LogP contribution in [0.5, 0.6) is 0 Å². The smallest absolute Gasteiger partial charge is 0.409 e. The van der Waals surface area contributed by atoms with Crippen LogP contribution >= 0.6 is 0 Å². The zero-order chi connectivity index (χ0) is 13.5. The van der Waals surface area contributed by atoms with E-state index in [2.05, 4.69) is 5.32 Å². The molecule has 0 aromatic rings. The molecule has 0 atom stereocenters. The van der Waals surface area contributed by atoms with Crippen LogP contribution in [-0.2, 0) is 14.3 Å². The van der Waals surface area contributed by atoms with Crippen LogP contribution in [0.2, 0.25) is 0 Å². The van der Waals surface area contributed by atoms with Crippen molar-refractivity contribution in [1.29, 1.82) is 0 Å². The minimum absolute atomic E-state index is 0.00867. The van der Waals surface area contributed by atoms with Gasteiger partial charge in [0.05, 0.1) is 13.2 Å². The number of carbonyl (C=O) groups is 3. The molecule has 102 valence electrons. The van der Waals surface area contributed by atoms with Crippen LogP contribution in [0.15, 0.2) is 0 Å². The third kappa shape index (κ3) is 4.23. The fourth-order valence-corrected chi connectivity index (χ4v) is 1.67. The lowest BCUT2D eigenvalue weighted by atomic mass is 10.3. The van der Waals surface area contributed by atoms with Crippen LogP contribution in [0.1, 0.15) is 13.8 Å². The number of nitrogens with zero attached hydrogens (tertiary/aromatic N) is 2. The van der Waals surface area contributed by atoms with E-state index in [-0.39, 0.29) is 24.5 Å². The highest BCUT2D eigenvalue weighted by Gasteiger charge is 2.24. The standard InChI is InChI=1S/C11H19N3O4/c1-3-18-11(17)14-6-4-13(5-7-14)10(16)8-12-9(2)15/h3-8H2,1-2H3,(H,12,15). The lowest BCUT2D eigenvalue weighted by Gasteiger charge is -2.34. The number of ether oxygens (including phenoxy) is 1. The van der Waals surface area contributed by atoms with Crippen molar-refractivity contribution in [3.05, 3.63) is 0 Å². The van der Waals surface area contributed by atoms with Gasteiger partial charge in [0.25, 0.3) is 0 Å². The van der Waals surface area contributed by atoms with Gasteiger partial charge in [0.15, 0.2) is 0 Å². The van der Waals surface area contributed by atoms with Crippen molar-refractivity contribution < 1.29 is 19.1 Å². The minimum Gasteiger partial charge on any atom is -0.450 e. The van der Waals surface area contributed by atoms with Gasteiger partial charge in [-0.1, -0.05) is 0 Å². The Bertz CT molecular complexity index is 324. The summed E-state index contributed by atoms with van der Waals surface area (Å²) >= 11 is 0. The Morgan fingerprint density at radius 3 is 2.17 bits per heavy atom. The predicted molar refractivity (Wildman–Crippen MR) is 63.9 cm³/mol. The first-order valence-corrected chi connectivity index (χ1v) is 5.98. The second-order valence-electron chi connectivity index (χ2n) is 3.98. The highest BCUT2D eigenvalue weighted by molar-refractivity contribution is 5.83. The van der Waals surface area contributed by atoms with Gasteiger partial charge in [-0.15, -0.1) is 0 Å². The molecule has 1 fully saturated rings. The van der Waals surface area contributed by atoms with E-state index in [1.54, 1.807) is 16.7 Å². The number of piperazine rings is 1. The van der Waals surface area contributed by atoms with E-state index < -0.39 is 0 Å². The largest absolute Gasteiger partial charge is 0.450 e. The number of carbonyl (C=O) groups excluding carboxylic acids is 3. The Morgan fingerprint density at radius 1 is 1.11 bits per heavy atom. The van der Waals surface area contributed by atoms with E-state index >= 15 is 0 Å². The van der Waals surface area contributed by atoms with Crippen LogP contribution in [-0.4, -0.2) is 67.0 Å². The van der Waals surface area contributed by atoms with E-state index in [9.17, 15) is 14.4 Å². The zero-order valence-electron chi connectivity index (χ0n) is 10.8. The summed E-state index contributed by atoms with van der Waals surface area (Å²) in [7, 11) is 0. The summed E-state index contributed by atoms with van der Waals surface area (Å²) in [6.45, 7) is 5.34. The highest BCUT2D eigenvalue weighted by Crippen LogP contribution is 2.03. The predicted octanol–water partition coefficient (Wildman–Crippen LogP) is -0.577. The van der Waals surface area contributed by atoms with Gasteiger partial charge in [0, 0.05) is 33.1 Å². The van der Waals surface area contributed by atoms with Crippen molar-refractivity contribution >= 4 is 17.9 Å². The summed E-state index contributed by atoms with van der Waals surface area (Å²) in [6, 6.07) is 0. The SMILES string of the molecule is CCOC(=O)N1CCN(C(=O)CNC(C)=O)CC1. The molecule has 7 nitrogen and oxygen atoms in total. The molecule has 1 heterocycles. The quantitative estimate of drug-likeness (QED) is 0.734. The maximum atomic E-state index is 11.7. The monoisotopic (exact) mass is 257 g/mol. The fourth-order valence-electron chi connectivity index (χ4n) is 1.67. The Morgan fingerprint density at radius 2 is 1.67 bits per heavy atom. The lowest BCUT2D eigenvalue weighted by molar-refractivity contribution is -0.133. The summed E-state index contributed by atoms with van der Waals surface area (Å²) < 4.78 is 4.88. The van der Waals surface area contributed by atoms with Crippen molar-refractivity contribution in [2.45, 2.75) is 13.8 Å². The number of amides is 3. The van der Waals surface area contributed by atoms with E-state index in [4.69, 9.17) is 4.74 Å². The molecule has 0 aromatic heterocycles. The first kappa shape index (κ1) is 14.3. The third-order valence-corrected chi connectivity index (χ3v) is 2.65. The molecule has 0 spiro atoms. The molecule has 7 heteroatoms. The molecule has 0 aliphatic carbocycles. The molecule has 0 aromatic carbocycles. The summed E-state index contributed by atoms with van der Waals surface area (Å²) in [6.07, 6.45) is -0.341. The minimum atomic E-state index is -0.341. The van der Waals surface area contributed by atoms with Crippen molar-refractivity contribution in [1.82, 2.24) is 15.1 Å². The lowest BCUT2D eigenvalue weighted by Crippen LogP contribution is -2.52. The van der Waals surface area contributed by atoms with Crippen LogP contribution in [0.25, 0.3) is 0 Å². The van der Waals surface area contributed by atoms with Gasteiger partial charge in [-0.3, -0.25) is 9.59 Å².